The van der Waals surface area contributed by atoms with Crippen LogP contribution in [0, 0.1) is 0 Å². The molecule has 7 heteroatoms. The Morgan fingerprint density at radius 2 is 1.88 bits per heavy atom. The monoisotopic (exact) mass is 355 g/mol. The van der Waals surface area contributed by atoms with Gasteiger partial charge in [-0.05, 0) is 54.6 Å². The molecular formula is C18H33N3O4. The van der Waals surface area contributed by atoms with Crippen LogP contribution in [0.25, 0.3) is 0 Å². The summed E-state index contributed by atoms with van der Waals surface area (Å²) in [6, 6.07) is -0.398. The fraction of sp³-hybridized carbons (Fsp3) is 0.778. The molecule has 1 aliphatic heterocycles. The van der Waals surface area contributed by atoms with Crippen LogP contribution in [0.3, 0.4) is 0 Å². The highest BCUT2D eigenvalue weighted by molar-refractivity contribution is 5.87. The highest BCUT2D eigenvalue weighted by atomic mass is 16.6. The van der Waals surface area contributed by atoms with Crippen LogP contribution in [0.2, 0.25) is 0 Å². The Morgan fingerprint density at radius 1 is 1.32 bits per heavy atom. The zero-order valence-electron chi connectivity index (χ0n) is 16.3. The highest BCUT2D eigenvalue weighted by Gasteiger charge is 2.39. The van der Waals surface area contributed by atoms with Gasteiger partial charge in [-0.15, -0.1) is 0 Å². The van der Waals surface area contributed by atoms with Crippen molar-refractivity contribution in [2.45, 2.75) is 57.8 Å². The van der Waals surface area contributed by atoms with Crippen molar-refractivity contribution >= 4 is 12.0 Å². The second kappa shape index (κ2) is 8.67. The maximum Gasteiger partial charge on any atom is 0.410 e. The van der Waals surface area contributed by atoms with E-state index in [4.69, 9.17) is 4.74 Å². The average molecular weight is 355 g/mol. The smallest absolute Gasteiger partial charge is 0.410 e. The molecule has 2 amide bonds. The van der Waals surface area contributed by atoms with Gasteiger partial charge in [0.05, 0.1) is 11.6 Å². The first-order valence-electron chi connectivity index (χ1n) is 8.75. The molecule has 0 aliphatic carbocycles. The zero-order chi connectivity index (χ0) is 19.3. The standard InChI is InChI=1S/C18H33N3O4/c1-14(19-15(22)8-7-11-20(5)6)18(24)9-12-21(13-10-18)16(23)25-17(2,3)4/h7-8,14,24H,9-13H2,1-6H3,(H,19,22)/b8-7+. The van der Waals surface area contributed by atoms with Gasteiger partial charge in [0.2, 0.25) is 5.91 Å². The second-order valence-electron chi connectivity index (χ2n) is 7.97. The van der Waals surface area contributed by atoms with E-state index in [0.29, 0.717) is 32.5 Å². The Bertz CT molecular complexity index is 489. The fourth-order valence-corrected chi connectivity index (χ4v) is 2.60. The number of hydrogen-bond acceptors (Lipinski definition) is 5. The van der Waals surface area contributed by atoms with E-state index in [1.54, 1.807) is 17.9 Å². The van der Waals surface area contributed by atoms with Crippen LogP contribution in [0.15, 0.2) is 12.2 Å². The van der Waals surface area contributed by atoms with Gasteiger partial charge in [0.1, 0.15) is 5.60 Å². The van der Waals surface area contributed by atoms with E-state index in [1.807, 2.05) is 39.8 Å². The Hall–Kier alpha value is -1.60. The molecule has 1 aliphatic rings. The number of nitrogens with one attached hydrogen (secondary N) is 1. The molecule has 0 bridgehead atoms. The third kappa shape index (κ3) is 7.44. The van der Waals surface area contributed by atoms with E-state index in [-0.39, 0.29) is 12.0 Å². The Labute approximate surface area is 151 Å². The van der Waals surface area contributed by atoms with E-state index < -0.39 is 17.2 Å². The fourth-order valence-electron chi connectivity index (χ4n) is 2.60. The molecule has 0 aromatic carbocycles. The predicted octanol–water partition coefficient (Wildman–Crippen LogP) is 1.37. The van der Waals surface area contributed by atoms with Crippen molar-refractivity contribution < 1.29 is 19.4 Å². The molecule has 0 radical (unpaired) electrons. The van der Waals surface area contributed by atoms with Gasteiger partial charge >= 0.3 is 6.09 Å². The zero-order valence-corrected chi connectivity index (χ0v) is 16.3. The predicted molar refractivity (Wildman–Crippen MR) is 97.3 cm³/mol. The first-order chi connectivity index (χ1) is 11.4. The molecule has 1 saturated heterocycles. The Kier molecular flexibility index (Phi) is 7.44. The first kappa shape index (κ1) is 21.4. The van der Waals surface area contributed by atoms with Crippen molar-refractivity contribution in [3.8, 4) is 0 Å². The van der Waals surface area contributed by atoms with Crippen LogP contribution in [-0.4, -0.2) is 77.9 Å². The summed E-state index contributed by atoms with van der Waals surface area (Å²) < 4.78 is 5.36. The summed E-state index contributed by atoms with van der Waals surface area (Å²) in [6.45, 7) is 8.76. The molecule has 144 valence electrons. The maximum atomic E-state index is 12.1. The molecule has 1 fully saturated rings. The lowest BCUT2D eigenvalue weighted by Gasteiger charge is -2.41. The summed E-state index contributed by atoms with van der Waals surface area (Å²) >= 11 is 0. The quantitative estimate of drug-likeness (QED) is 0.728. The van der Waals surface area contributed by atoms with E-state index in [0.717, 1.165) is 0 Å². The van der Waals surface area contributed by atoms with Crippen molar-refractivity contribution in [3.63, 3.8) is 0 Å². The molecule has 0 aromatic heterocycles. The number of piperidine rings is 1. The van der Waals surface area contributed by atoms with Gasteiger partial charge in [0.25, 0.3) is 0 Å². The molecule has 7 nitrogen and oxygen atoms in total. The molecule has 0 spiro atoms. The molecule has 1 atom stereocenters. The number of amides is 2. The number of aliphatic hydroxyl groups is 1. The van der Waals surface area contributed by atoms with Crippen molar-refractivity contribution in [3.05, 3.63) is 12.2 Å². The number of hydrogen-bond donors (Lipinski definition) is 2. The Balaban J connectivity index is 2.51. The number of rotatable bonds is 5. The third-order valence-corrected chi connectivity index (χ3v) is 4.19. The summed E-state index contributed by atoms with van der Waals surface area (Å²) in [5, 5.41) is 13.6. The van der Waals surface area contributed by atoms with Gasteiger partial charge in [-0.25, -0.2) is 4.79 Å². The van der Waals surface area contributed by atoms with E-state index in [1.165, 1.54) is 6.08 Å². The number of carbonyl (C=O) groups excluding carboxylic acids is 2. The van der Waals surface area contributed by atoms with Crippen LogP contribution in [0.1, 0.15) is 40.5 Å². The normalized spacial score (nSPS) is 19.1. The van der Waals surface area contributed by atoms with Crippen LogP contribution < -0.4 is 5.32 Å². The SMILES string of the molecule is CC(NC(=O)/C=C/CN(C)C)C1(O)CCN(C(=O)OC(C)(C)C)CC1. The van der Waals surface area contributed by atoms with Crippen molar-refractivity contribution in [2.24, 2.45) is 0 Å². The van der Waals surface area contributed by atoms with Crippen LogP contribution in [0.5, 0.6) is 0 Å². The number of ether oxygens (including phenoxy) is 1. The van der Waals surface area contributed by atoms with Gasteiger partial charge in [-0.2, -0.15) is 0 Å². The number of likely N-dealkylation sites (N-methyl/N-ethyl adjacent to an activating group) is 1. The van der Waals surface area contributed by atoms with Gasteiger partial charge in [0.15, 0.2) is 0 Å². The first-order valence-corrected chi connectivity index (χ1v) is 8.75. The summed E-state index contributed by atoms with van der Waals surface area (Å²) in [5.74, 6) is -0.225. The number of carbonyl (C=O) groups is 2. The maximum absolute atomic E-state index is 12.1. The minimum atomic E-state index is -1.02. The van der Waals surface area contributed by atoms with Gasteiger partial charge in [0, 0.05) is 25.7 Å². The lowest BCUT2D eigenvalue weighted by molar-refractivity contribution is -0.120. The van der Waals surface area contributed by atoms with E-state index >= 15 is 0 Å². The summed E-state index contributed by atoms with van der Waals surface area (Å²) in [4.78, 5) is 27.6. The molecule has 25 heavy (non-hydrogen) atoms. The lowest BCUT2D eigenvalue weighted by atomic mass is 9.85. The van der Waals surface area contributed by atoms with Crippen LogP contribution in [-0.2, 0) is 9.53 Å². The summed E-state index contributed by atoms with van der Waals surface area (Å²) in [6.07, 6.45) is 3.69. The van der Waals surface area contributed by atoms with Crippen LogP contribution in [0.4, 0.5) is 4.79 Å². The second-order valence-corrected chi connectivity index (χ2v) is 7.97. The van der Waals surface area contributed by atoms with Crippen molar-refractivity contribution in [2.75, 3.05) is 33.7 Å². The average Bonchev–Trinajstić information content (AvgIpc) is 2.45. The summed E-state index contributed by atoms with van der Waals surface area (Å²) in [5.41, 5.74) is -1.56. The molecule has 1 heterocycles. The third-order valence-electron chi connectivity index (χ3n) is 4.19. The van der Waals surface area contributed by atoms with Crippen LogP contribution >= 0.6 is 0 Å². The number of likely N-dealkylation sites (tertiary alicyclic amines) is 1. The van der Waals surface area contributed by atoms with Crippen molar-refractivity contribution in [1.29, 1.82) is 0 Å². The molecule has 1 rings (SSSR count). The lowest BCUT2D eigenvalue weighted by Crippen LogP contribution is -2.57. The Morgan fingerprint density at radius 3 is 2.36 bits per heavy atom. The largest absolute Gasteiger partial charge is 0.444 e. The summed E-state index contributed by atoms with van der Waals surface area (Å²) in [7, 11) is 3.85. The van der Waals surface area contributed by atoms with Gasteiger partial charge in [-0.1, -0.05) is 6.08 Å². The molecular weight excluding hydrogens is 322 g/mol. The highest BCUT2D eigenvalue weighted by Crippen LogP contribution is 2.26. The molecule has 1 unspecified atom stereocenters. The van der Waals surface area contributed by atoms with Gasteiger partial charge in [-0.3, -0.25) is 4.79 Å². The topological polar surface area (TPSA) is 82.1 Å². The molecule has 2 N–H and O–H groups in total. The van der Waals surface area contributed by atoms with Crippen molar-refractivity contribution in [1.82, 2.24) is 15.1 Å². The minimum absolute atomic E-state index is 0.225. The number of nitrogens with zero attached hydrogens (tertiary/aromatic N) is 2. The minimum Gasteiger partial charge on any atom is -0.444 e. The van der Waals surface area contributed by atoms with E-state index in [9.17, 15) is 14.7 Å². The van der Waals surface area contributed by atoms with E-state index in [2.05, 4.69) is 5.32 Å². The van der Waals surface area contributed by atoms with Gasteiger partial charge < -0.3 is 25.0 Å². The molecule has 0 saturated carbocycles. The molecule has 0 aromatic rings.